The summed E-state index contributed by atoms with van der Waals surface area (Å²) in [7, 11) is 1.20. The van der Waals surface area contributed by atoms with Gasteiger partial charge in [-0.3, -0.25) is 19.2 Å². The lowest BCUT2D eigenvalue weighted by molar-refractivity contribution is 0.0954. The van der Waals surface area contributed by atoms with E-state index in [2.05, 4.69) is 0 Å². The number of aromatic hydroxyl groups is 1. The molecule has 0 amide bonds. The highest BCUT2D eigenvalue weighted by Gasteiger charge is 2.32. The Morgan fingerprint density at radius 1 is 0.714 bits per heavy atom. The lowest BCUT2D eigenvalue weighted by Gasteiger charge is -2.18. The fourth-order valence-corrected chi connectivity index (χ4v) is 2.30. The zero-order chi connectivity index (χ0) is 16.5. The number of benzene rings is 1. The molecule has 0 aliphatic carbocycles. The molecule has 1 rings (SSSR count). The van der Waals surface area contributed by atoms with Crippen LogP contribution >= 0.6 is 0 Å². The second kappa shape index (κ2) is 5.87. The van der Waals surface area contributed by atoms with Crippen molar-refractivity contribution in [3.05, 3.63) is 22.3 Å². The summed E-state index contributed by atoms with van der Waals surface area (Å²) in [6.45, 7) is 4.66. The Kier molecular flexibility index (Phi) is 4.62. The Labute approximate surface area is 121 Å². The summed E-state index contributed by atoms with van der Waals surface area (Å²) in [5.74, 6) is -3.19. The van der Waals surface area contributed by atoms with Gasteiger partial charge < -0.3 is 9.84 Å². The van der Waals surface area contributed by atoms with Gasteiger partial charge in [-0.15, -0.1) is 0 Å². The van der Waals surface area contributed by atoms with Gasteiger partial charge in [-0.2, -0.15) is 0 Å². The molecule has 0 aliphatic heterocycles. The van der Waals surface area contributed by atoms with Crippen LogP contribution in [-0.2, 0) is 0 Å². The third kappa shape index (κ3) is 2.69. The fraction of sp³-hybridized carbons (Fsp3) is 0.333. The third-order valence-electron chi connectivity index (χ3n) is 3.04. The van der Waals surface area contributed by atoms with Crippen LogP contribution in [0.5, 0.6) is 11.5 Å². The first-order valence-corrected chi connectivity index (χ1v) is 6.15. The zero-order valence-corrected chi connectivity index (χ0v) is 12.5. The molecule has 6 nitrogen and oxygen atoms in total. The summed E-state index contributed by atoms with van der Waals surface area (Å²) < 4.78 is 4.97. The lowest BCUT2D eigenvalue weighted by Crippen LogP contribution is -2.17. The van der Waals surface area contributed by atoms with Gasteiger partial charge in [0.15, 0.2) is 34.6 Å². The molecule has 0 saturated carbocycles. The predicted octanol–water partition coefficient (Wildman–Crippen LogP) is 2.21. The summed E-state index contributed by atoms with van der Waals surface area (Å²) in [4.78, 5) is 47.3. The molecule has 0 heterocycles. The first kappa shape index (κ1) is 16.6. The molecule has 0 atom stereocenters. The predicted molar refractivity (Wildman–Crippen MR) is 74.7 cm³/mol. The molecule has 6 heteroatoms. The van der Waals surface area contributed by atoms with E-state index in [0.717, 1.165) is 13.8 Å². The van der Waals surface area contributed by atoms with Gasteiger partial charge in [0.2, 0.25) is 0 Å². The van der Waals surface area contributed by atoms with Crippen molar-refractivity contribution in [3.63, 3.8) is 0 Å². The van der Waals surface area contributed by atoms with Gasteiger partial charge in [0.25, 0.3) is 0 Å². The van der Waals surface area contributed by atoms with Crippen molar-refractivity contribution in [2.45, 2.75) is 27.7 Å². The molecular formula is C15H16O6. The zero-order valence-electron chi connectivity index (χ0n) is 12.5. The molecule has 1 aromatic rings. The number of methoxy groups -OCH3 is 1. The van der Waals surface area contributed by atoms with Crippen molar-refractivity contribution in [1.82, 2.24) is 0 Å². The standard InChI is InChI=1S/C15H16O6/c1-6(16)10-11(7(2)17)13(9(4)19)15(21-5)14(20)12(10)8(3)18/h20H,1-5H3. The number of carbonyl (C=O) groups is 4. The van der Waals surface area contributed by atoms with Gasteiger partial charge >= 0.3 is 0 Å². The van der Waals surface area contributed by atoms with Crippen molar-refractivity contribution in [2.24, 2.45) is 0 Å². The number of phenolic OH excluding ortho intramolecular Hbond substituents is 1. The molecule has 1 aromatic carbocycles. The smallest absolute Gasteiger partial charge is 0.172 e. The van der Waals surface area contributed by atoms with Crippen LogP contribution in [0.15, 0.2) is 0 Å². The Morgan fingerprint density at radius 3 is 1.33 bits per heavy atom. The average Bonchev–Trinajstić information content (AvgIpc) is 2.35. The molecule has 21 heavy (non-hydrogen) atoms. The third-order valence-corrected chi connectivity index (χ3v) is 3.04. The summed E-state index contributed by atoms with van der Waals surface area (Å²) in [5.41, 5.74) is -0.958. The van der Waals surface area contributed by atoms with Gasteiger partial charge in [-0.1, -0.05) is 0 Å². The Hall–Kier alpha value is -2.50. The minimum Gasteiger partial charge on any atom is -0.504 e. The fourth-order valence-electron chi connectivity index (χ4n) is 2.30. The van der Waals surface area contributed by atoms with Crippen molar-refractivity contribution in [2.75, 3.05) is 7.11 Å². The van der Waals surface area contributed by atoms with Gasteiger partial charge in [-0.25, -0.2) is 0 Å². The van der Waals surface area contributed by atoms with Gasteiger partial charge in [-0.05, 0) is 27.7 Å². The van der Waals surface area contributed by atoms with Crippen molar-refractivity contribution in [3.8, 4) is 11.5 Å². The van der Waals surface area contributed by atoms with Gasteiger partial charge in [0.1, 0.15) is 0 Å². The van der Waals surface area contributed by atoms with Crippen molar-refractivity contribution >= 4 is 23.1 Å². The highest BCUT2D eigenvalue weighted by molar-refractivity contribution is 6.21. The van der Waals surface area contributed by atoms with Crippen LogP contribution in [0.2, 0.25) is 0 Å². The summed E-state index contributed by atoms with van der Waals surface area (Å²) >= 11 is 0. The molecule has 0 aromatic heterocycles. The first-order chi connectivity index (χ1) is 9.64. The van der Waals surface area contributed by atoms with E-state index >= 15 is 0 Å². The van der Waals surface area contributed by atoms with Crippen LogP contribution in [0.1, 0.15) is 69.1 Å². The number of phenols is 1. The minimum absolute atomic E-state index is 0.197. The number of hydrogen-bond donors (Lipinski definition) is 1. The number of hydrogen-bond acceptors (Lipinski definition) is 6. The van der Waals surface area contributed by atoms with Crippen LogP contribution in [0.25, 0.3) is 0 Å². The summed E-state index contributed by atoms with van der Waals surface area (Å²) in [5, 5.41) is 10.2. The van der Waals surface area contributed by atoms with Crippen molar-refractivity contribution < 1.29 is 29.0 Å². The van der Waals surface area contributed by atoms with E-state index in [-0.39, 0.29) is 28.0 Å². The van der Waals surface area contributed by atoms with E-state index in [1.165, 1.54) is 21.0 Å². The number of carbonyl (C=O) groups excluding carboxylic acids is 4. The second-order valence-corrected chi connectivity index (χ2v) is 4.61. The summed E-state index contributed by atoms with van der Waals surface area (Å²) in [6, 6.07) is 0. The van der Waals surface area contributed by atoms with Gasteiger partial charge in [0, 0.05) is 11.1 Å². The molecule has 0 radical (unpaired) electrons. The number of ether oxygens (including phenoxy) is 1. The van der Waals surface area contributed by atoms with Crippen LogP contribution < -0.4 is 4.74 Å². The molecule has 0 spiro atoms. The van der Waals surface area contributed by atoms with Crippen LogP contribution in [-0.4, -0.2) is 35.3 Å². The molecule has 1 N–H and O–H groups in total. The van der Waals surface area contributed by atoms with E-state index in [4.69, 9.17) is 4.74 Å². The number of rotatable bonds is 5. The first-order valence-electron chi connectivity index (χ1n) is 6.15. The normalized spacial score (nSPS) is 10.1. The maximum absolute atomic E-state index is 11.9. The molecule has 0 aliphatic rings. The Balaban J connectivity index is 4.19. The maximum Gasteiger partial charge on any atom is 0.172 e. The molecule has 112 valence electrons. The molecular weight excluding hydrogens is 276 g/mol. The highest BCUT2D eigenvalue weighted by Crippen LogP contribution is 2.40. The van der Waals surface area contributed by atoms with E-state index in [9.17, 15) is 24.3 Å². The molecule has 0 unspecified atom stereocenters. The molecule has 0 bridgehead atoms. The maximum atomic E-state index is 11.9. The largest absolute Gasteiger partial charge is 0.504 e. The topological polar surface area (TPSA) is 97.7 Å². The minimum atomic E-state index is -0.606. The van der Waals surface area contributed by atoms with E-state index in [0.29, 0.717) is 0 Å². The SMILES string of the molecule is COc1c(O)c(C(C)=O)c(C(C)=O)c(C(C)=O)c1C(C)=O. The number of Topliss-reactive ketones (excluding diaryl/α,β-unsaturated/α-hetero) is 4. The van der Waals surface area contributed by atoms with Crippen LogP contribution in [0.4, 0.5) is 0 Å². The van der Waals surface area contributed by atoms with Crippen LogP contribution in [0, 0.1) is 0 Å². The average molecular weight is 292 g/mol. The van der Waals surface area contributed by atoms with Crippen LogP contribution in [0.3, 0.4) is 0 Å². The lowest BCUT2D eigenvalue weighted by atomic mass is 9.87. The van der Waals surface area contributed by atoms with E-state index in [1.807, 2.05) is 0 Å². The summed E-state index contributed by atoms with van der Waals surface area (Å²) in [6.07, 6.45) is 0. The molecule has 0 fully saturated rings. The quantitative estimate of drug-likeness (QED) is 0.835. The second-order valence-electron chi connectivity index (χ2n) is 4.61. The van der Waals surface area contributed by atoms with Crippen molar-refractivity contribution in [1.29, 1.82) is 0 Å². The Morgan fingerprint density at radius 2 is 1.05 bits per heavy atom. The molecule has 0 saturated heterocycles. The van der Waals surface area contributed by atoms with Gasteiger partial charge in [0.05, 0.1) is 18.2 Å². The highest BCUT2D eigenvalue weighted by atomic mass is 16.5. The Bertz CT molecular complexity index is 669. The van der Waals surface area contributed by atoms with E-state index < -0.39 is 28.9 Å². The number of ketones is 4. The van der Waals surface area contributed by atoms with E-state index in [1.54, 1.807) is 0 Å². The monoisotopic (exact) mass is 292 g/mol.